The van der Waals surface area contributed by atoms with Crippen LogP contribution in [0.4, 0.5) is 5.69 Å². The molecule has 1 aromatic carbocycles. The predicted molar refractivity (Wildman–Crippen MR) is 82.5 cm³/mol. The van der Waals surface area contributed by atoms with Crippen LogP contribution in [0.3, 0.4) is 0 Å². The summed E-state index contributed by atoms with van der Waals surface area (Å²) >= 11 is 0. The van der Waals surface area contributed by atoms with Crippen LogP contribution < -0.4 is 9.64 Å². The van der Waals surface area contributed by atoms with Crippen molar-refractivity contribution in [3.05, 3.63) is 24.3 Å². The third kappa shape index (κ3) is 3.44. The molecular formula is C16H26N2O2. The topological polar surface area (TPSA) is 35.9 Å². The molecule has 4 heteroatoms. The summed E-state index contributed by atoms with van der Waals surface area (Å²) in [6, 6.07) is 8.45. The van der Waals surface area contributed by atoms with Gasteiger partial charge >= 0.3 is 0 Å². The number of benzene rings is 1. The van der Waals surface area contributed by atoms with Gasteiger partial charge in [-0.25, -0.2) is 0 Å². The molecule has 4 nitrogen and oxygen atoms in total. The van der Waals surface area contributed by atoms with Crippen molar-refractivity contribution in [2.24, 2.45) is 0 Å². The second-order valence-corrected chi connectivity index (χ2v) is 5.40. The van der Waals surface area contributed by atoms with E-state index in [2.05, 4.69) is 28.9 Å². The lowest BCUT2D eigenvalue weighted by molar-refractivity contribution is 0.0672. The van der Waals surface area contributed by atoms with Crippen molar-refractivity contribution < 1.29 is 9.84 Å². The Kier molecular flexibility index (Phi) is 5.26. The molecule has 1 fully saturated rings. The maximum absolute atomic E-state index is 9.69. The number of para-hydroxylation sites is 2. The van der Waals surface area contributed by atoms with Gasteiger partial charge in [0.1, 0.15) is 5.75 Å². The molecule has 0 saturated carbocycles. The quantitative estimate of drug-likeness (QED) is 0.893. The SMILES string of the molecule is CCOc1ccccc1N1CCN([C@@H](C)[C@@H](C)O)CC1. The summed E-state index contributed by atoms with van der Waals surface area (Å²) in [5.74, 6) is 0.965. The fraction of sp³-hybridized carbons (Fsp3) is 0.625. The maximum atomic E-state index is 9.69. The van der Waals surface area contributed by atoms with Crippen LogP contribution in [0.2, 0.25) is 0 Å². The number of ether oxygens (including phenoxy) is 1. The average Bonchev–Trinajstić information content (AvgIpc) is 2.47. The predicted octanol–water partition coefficient (Wildman–Crippen LogP) is 1.98. The molecule has 1 N–H and O–H groups in total. The van der Waals surface area contributed by atoms with Crippen molar-refractivity contribution in [1.29, 1.82) is 0 Å². The van der Waals surface area contributed by atoms with Crippen molar-refractivity contribution in [3.8, 4) is 5.75 Å². The molecule has 1 aromatic rings. The molecular weight excluding hydrogens is 252 g/mol. The van der Waals surface area contributed by atoms with Crippen LogP contribution >= 0.6 is 0 Å². The van der Waals surface area contributed by atoms with Gasteiger partial charge < -0.3 is 14.7 Å². The zero-order valence-corrected chi connectivity index (χ0v) is 12.7. The Morgan fingerprint density at radius 1 is 1.15 bits per heavy atom. The Balaban J connectivity index is 2.00. The fourth-order valence-corrected chi connectivity index (χ4v) is 2.67. The minimum absolute atomic E-state index is 0.222. The van der Waals surface area contributed by atoms with E-state index in [9.17, 15) is 5.11 Å². The van der Waals surface area contributed by atoms with E-state index in [-0.39, 0.29) is 12.1 Å². The molecule has 0 bridgehead atoms. The van der Waals surface area contributed by atoms with Gasteiger partial charge in [-0.2, -0.15) is 0 Å². The third-order valence-electron chi connectivity index (χ3n) is 4.09. The Bertz CT molecular complexity index is 415. The first-order valence-electron chi connectivity index (χ1n) is 7.52. The van der Waals surface area contributed by atoms with Gasteiger partial charge in [-0.05, 0) is 32.9 Å². The lowest BCUT2D eigenvalue weighted by atomic mass is 10.1. The highest BCUT2D eigenvalue weighted by Gasteiger charge is 2.24. The average molecular weight is 278 g/mol. The molecule has 0 aliphatic carbocycles. The third-order valence-corrected chi connectivity index (χ3v) is 4.09. The van der Waals surface area contributed by atoms with Crippen LogP contribution in [0.25, 0.3) is 0 Å². The summed E-state index contributed by atoms with van der Waals surface area (Å²) in [7, 11) is 0. The molecule has 1 aliphatic rings. The van der Waals surface area contributed by atoms with Crippen LogP contribution in [0.1, 0.15) is 20.8 Å². The van der Waals surface area contributed by atoms with E-state index in [0.29, 0.717) is 6.61 Å². The van der Waals surface area contributed by atoms with Crippen molar-refractivity contribution in [3.63, 3.8) is 0 Å². The van der Waals surface area contributed by atoms with E-state index in [4.69, 9.17) is 4.74 Å². The molecule has 0 radical (unpaired) electrons. The Labute approximate surface area is 122 Å². The maximum Gasteiger partial charge on any atom is 0.142 e. The number of nitrogens with zero attached hydrogens (tertiary/aromatic N) is 2. The standard InChI is InChI=1S/C16H26N2O2/c1-4-20-16-8-6-5-7-15(16)18-11-9-17(10-12-18)13(2)14(3)19/h5-8,13-14,19H,4,9-12H2,1-3H3/t13-,14+/m0/s1. The van der Waals surface area contributed by atoms with Crippen molar-refractivity contribution in [1.82, 2.24) is 4.90 Å². The molecule has 1 saturated heterocycles. The summed E-state index contributed by atoms with van der Waals surface area (Å²) in [6.45, 7) is 10.6. The minimum Gasteiger partial charge on any atom is -0.492 e. The molecule has 2 atom stereocenters. The first-order valence-corrected chi connectivity index (χ1v) is 7.52. The van der Waals surface area contributed by atoms with E-state index < -0.39 is 0 Å². The number of aliphatic hydroxyl groups excluding tert-OH is 1. The molecule has 1 aliphatic heterocycles. The van der Waals surface area contributed by atoms with E-state index in [1.807, 2.05) is 26.0 Å². The lowest BCUT2D eigenvalue weighted by Gasteiger charge is -2.40. The second-order valence-electron chi connectivity index (χ2n) is 5.40. The number of hydrogen-bond acceptors (Lipinski definition) is 4. The molecule has 0 amide bonds. The molecule has 0 unspecified atom stereocenters. The van der Waals surface area contributed by atoms with E-state index >= 15 is 0 Å². The molecule has 0 spiro atoms. The molecule has 112 valence electrons. The van der Waals surface area contributed by atoms with E-state index in [1.165, 1.54) is 5.69 Å². The largest absolute Gasteiger partial charge is 0.492 e. The summed E-state index contributed by atoms with van der Waals surface area (Å²) in [5.41, 5.74) is 1.18. The zero-order valence-electron chi connectivity index (χ0n) is 12.7. The minimum atomic E-state index is -0.280. The smallest absolute Gasteiger partial charge is 0.142 e. The van der Waals surface area contributed by atoms with Crippen molar-refractivity contribution in [2.45, 2.75) is 32.9 Å². The van der Waals surface area contributed by atoms with Gasteiger partial charge in [-0.15, -0.1) is 0 Å². The number of hydrogen-bond donors (Lipinski definition) is 1. The normalized spacial score (nSPS) is 19.7. The Morgan fingerprint density at radius 2 is 1.80 bits per heavy atom. The highest BCUT2D eigenvalue weighted by molar-refractivity contribution is 5.58. The molecule has 2 rings (SSSR count). The van der Waals surface area contributed by atoms with Gasteiger partial charge in [0.2, 0.25) is 0 Å². The molecule has 0 aromatic heterocycles. The number of aliphatic hydroxyl groups is 1. The van der Waals surface area contributed by atoms with Gasteiger partial charge in [0.05, 0.1) is 18.4 Å². The van der Waals surface area contributed by atoms with Crippen molar-refractivity contribution in [2.75, 3.05) is 37.7 Å². The van der Waals surface area contributed by atoms with Crippen LogP contribution in [0, 0.1) is 0 Å². The molecule has 20 heavy (non-hydrogen) atoms. The molecule has 1 heterocycles. The summed E-state index contributed by atoms with van der Waals surface area (Å²) in [6.07, 6.45) is -0.280. The van der Waals surface area contributed by atoms with Gasteiger partial charge in [0.25, 0.3) is 0 Å². The Hall–Kier alpha value is -1.26. The lowest BCUT2D eigenvalue weighted by Crippen LogP contribution is -2.52. The first-order chi connectivity index (χ1) is 9.63. The van der Waals surface area contributed by atoms with Crippen LogP contribution in [-0.4, -0.2) is 54.9 Å². The first kappa shape index (κ1) is 15.1. The Morgan fingerprint density at radius 3 is 2.40 bits per heavy atom. The van der Waals surface area contributed by atoms with Gasteiger partial charge in [0, 0.05) is 32.2 Å². The van der Waals surface area contributed by atoms with Gasteiger partial charge in [0.15, 0.2) is 0 Å². The highest BCUT2D eigenvalue weighted by atomic mass is 16.5. The number of piperazine rings is 1. The zero-order chi connectivity index (χ0) is 14.5. The van der Waals surface area contributed by atoms with E-state index in [1.54, 1.807) is 0 Å². The fourth-order valence-electron chi connectivity index (χ4n) is 2.67. The highest BCUT2D eigenvalue weighted by Crippen LogP contribution is 2.29. The van der Waals surface area contributed by atoms with Gasteiger partial charge in [-0.3, -0.25) is 4.90 Å². The summed E-state index contributed by atoms with van der Waals surface area (Å²) in [5, 5.41) is 9.69. The van der Waals surface area contributed by atoms with Crippen LogP contribution in [-0.2, 0) is 0 Å². The van der Waals surface area contributed by atoms with Crippen LogP contribution in [0.15, 0.2) is 24.3 Å². The second kappa shape index (κ2) is 6.95. The summed E-state index contributed by atoms with van der Waals surface area (Å²) in [4.78, 5) is 4.72. The van der Waals surface area contributed by atoms with E-state index in [0.717, 1.165) is 31.9 Å². The monoisotopic (exact) mass is 278 g/mol. The van der Waals surface area contributed by atoms with Gasteiger partial charge in [-0.1, -0.05) is 12.1 Å². The number of rotatable bonds is 5. The van der Waals surface area contributed by atoms with Crippen molar-refractivity contribution >= 4 is 5.69 Å². The van der Waals surface area contributed by atoms with Crippen LogP contribution in [0.5, 0.6) is 5.75 Å². The number of anilines is 1. The summed E-state index contributed by atoms with van der Waals surface area (Å²) < 4.78 is 5.71.